The zero-order valence-corrected chi connectivity index (χ0v) is 14.1. The smallest absolute Gasteiger partial charge is 0.328 e. The Morgan fingerprint density at radius 2 is 1.83 bits per heavy atom. The minimum absolute atomic E-state index is 0.0907. The molecule has 0 radical (unpaired) electrons. The highest BCUT2D eigenvalue weighted by molar-refractivity contribution is 9.11. The fraction of sp³-hybridized carbons (Fsp3) is 0. The van der Waals surface area contributed by atoms with Crippen molar-refractivity contribution in [2.24, 2.45) is 15.2 Å². The third-order valence-electron chi connectivity index (χ3n) is 2.85. The number of amides is 1. The molecular weight excluding hydrogens is 438 g/mol. The van der Waals surface area contributed by atoms with Crippen LogP contribution >= 0.6 is 31.9 Å². The number of H-pyrrole nitrogens is 2. The minimum Gasteiger partial charge on any atom is -0.493 e. The van der Waals surface area contributed by atoms with Crippen LogP contribution in [0.25, 0.3) is 5.70 Å². The number of aromatic nitrogens is 2. The molecule has 1 amide bonds. The summed E-state index contributed by atoms with van der Waals surface area (Å²) >= 11 is 6.57. The maximum atomic E-state index is 11.9. The normalized spacial score (nSPS) is 13.5. The molecule has 116 valence electrons. The quantitative estimate of drug-likeness (QED) is 0.577. The Morgan fingerprint density at radius 3 is 2.52 bits per heavy atom. The Labute approximate surface area is 142 Å². The Morgan fingerprint density at radius 1 is 1.09 bits per heavy atom. The van der Waals surface area contributed by atoms with Crippen LogP contribution in [-0.2, 0) is 4.79 Å². The van der Waals surface area contributed by atoms with Gasteiger partial charge in [0.1, 0.15) is 0 Å². The number of hydrogen-bond acceptors (Lipinski definition) is 6. The van der Waals surface area contributed by atoms with Crippen LogP contribution in [0.2, 0.25) is 0 Å². The summed E-state index contributed by atoms with van der Waals surface area (Å²) in [5.74, 6) is -1.39. The van der Waals surface area contributed by atoms with Gasteiger partial charge in [0.15, 0.2) is 5.70 Å². The van der Waals surface area contributed by atoms with E-state index in [-0.39, 0.29) is 5.70 Å². The molecule has 0 aliphatic carbocycles. The lowest BCUT2D eigenvalue weighted by molar-refractivity contribution is -0.112. The number of halogens is 2. The van der Waals surface area contributed by atoms with E-state index in [1.807, 2.05) is 9.97 Å². The van der Waals surface area contributed by atoms with Crippen molar-refractivity contribution >= 4 is 49.2 Å². The SMILES string of the molecule is O=C1N=c2c(Br)cc(Br)cc2=C1N=Nc1c(O)[nH]c(=O)[nH]c1=O. The molecule has 0 atom stereocenters. The summed E-state index contributed by atoms with van der Waals surface area (Å²) < 4.78 is 1.27. The van der Waals surface area contributed by atoms with Crippen molar-refractivity contribution in [1.29, 1.82) is 0 Å². The monoisotopic (exact) mass is 441 g/mol. The second-order valence-corrected chi connectivity index (χ2v) is 6.12. The number of aromatic hydroxyl groups is 1. The number of fused-ring (bicyclic) bond motifs is 1. The van der Waals surface area contributed by atoms with Gasteiger partial charge >= 0.3 is 5.69 Å². The average Bonchev–Trinajstić information content (AvgIpc) is 2.74. The molecule has 23 heavy (non-hydrogen) atoms. The number of aromatic amines is 2. The minimum atomic E-state index is -0.936. The fourth-order valence-electron chi connectivity index (χ4n) is 1.89. The second-order valence-electron chi connectivity index (χ2n) is 4.35. The Kier molecular flexibility index (Phi) is 3.82. The summed E-state index contributed by atoms with van der Waals surface area (Å²) in [6.07, 6.45) is 0. The van der Waals surface area contributed by atoms with Crippen molar-refractivity contribution in [3.8, 4) is 5.88 Å². The molecule has 0 saturated carbocycles. The van der Waals surface area contributed by atoms with Gasteiger partial charge in [-0.25, -0.2) is 9.79 Å². The third-order valence-corrected chi connectivity index (χ3v) is 3.91. The molecular formula is C12H5Br2N5O4. The summed E-state index contributed by atoms with van der Waals surface area (Å²) in [7, 11) is 0. The fourth-order valence-corrected chi connectivity index (χ4v) is 3.20. The number of nitrogens with zero attached hydrogens (tertiary/aromatic N) is 3. The van der Waals surface area contributed by atoms with Gasteiger partial charge in [-0.3, -0.25) is 19.6 Å². The molecule has 0 saturated heterocycles. The molecule has 11 heteroatoms. The van der Waals surface area contributed by atoms with E-state index in [9.17, 15) is 19.5 Å². The maximum Gasteiger partial charge on any atom is 0.328 e. The van der Waals surface area contributed by atoms with Crippen LogP contribution in [-0.4, -0.2) is 21.0 Å². The molecule has 1 aliphatic rings. The van der Waals surface area contributed by atoms with Gasteiger partial charge in [0.2, 0.25) is 11.6 Å². The van der Waals surface area contributed by atoms with Crippen molar-refractivity contribution in [3.05, 3.63) is 52.5 Å². The summed E-state index contributed by atoms with van der Waals surface area (Å²) in [4.78, 5) is 42.2. The first-order valence-electron chi connectivity index (χ1n) is 5.96. The molecule has 2 heterocycles. The summed E-state index contributed by atoms with van der Waals surface area (Å²) in [5.41, 5.74) is -2.43. The van der Waals surface area contributed by atoms with Crippen molar-refractivity contribution in [3.63, 3.8) is 0 Å². The maximum absolute atomic E-state index is 11.9. The molecule has 1 aliphatic heterocycles. The van der Waals surface area contributed by atoms with Crippen LogP contribution in [0.5, 0.6) is 5.88 Å². The average molecular weight is 443 g/mol. The number of azo groups is 1. The first-order chi connectivity index (χ1) is 10.9. The molecule has 0 unspecified atom stereocenters. The van der Waals surface area contributed by atoms with Crippen LogP contribution in [0.3, 0.4) is 0 Å². The van der Waals surface area contributed by atoms with Crippen molar-refractivity contribution in [1.82, 2.24) is 9.97 Å². The van der Waals surface area contributed by atoms with E-state index in [4.69, 9.17) is 0 Å². The van der Waals surface area contributed by atoms with E-state index < -0.39 is 28.7 Å². The number of benzene rings is 1. The highest BCUT2D eigenvalue weighted by Gasteiger charge is 2.19. The first kappa shape index (κ1) is 15.5. The first-order valence-corrected chi connectivity index (χ1v) is 7.55. The van der Waals surface area contributed by atoms with Crippen molar-refractivity contribution in [2.75, 3.05) is 0 Å². The molecule has 1 aromatic carbocycles. The van der Waals surface area contributed by atoms with Gasteiger partial charge in [0.25, 0.3) is 11.5 Å². The van der Waals surface area contributed by atoms with Crippen LogP contribution in [0, 0.1) is 0 Å². The largest absolute Gasteiger partial charge is 0.493 e. The van der Waals surface area contributed by atoms with Gasteiger partial charge in [-0.05, 0) is 28.1 Å². The molecule has 1 aromatic heterocycles. The predicted octanol–water partition coefficient (Wildman–Crippen LogP) is 0.346. The zero-order valence-electron chi connectivity index (χ0n) is 10.9. The number of carbonyl (C=O) groups excluding carboxylic acids is 1. The molecule has 0 bridgehead atoms. The summed E-state index contributed by atoms with van der Waals surface area (Å²) in [5, 5.41) is 17.6. The van der Waals surface area contributed by atoms with Crippen LogP contribution < -0.4 is 21.8 Å². The van der Waals surface area contributed by atoms with E-state index in [0.717, 1.165) is 0 Å². The summed E-state index contributed by atoms with van der Waals surface area (Å²) in [6.45, 7) is 0. The Bertz CT molecular complexity index is 1120. The standard InChI is InChI=1S/C12H5Br2N5O4/c13-3-1-4-6(5(14)2-3)15-9(20)7(4)18-19-8-10(21)16-12(23)17-11(8)22/h1-2H,(H3,16,17,21,22,23). The van der Waals surface area contributed by atoms with Crippen LogP contribution in [0.1, 0.15) is 0 Å². The number of carbonyl (C=O) groups is 1. The Balaban J connectivity index is 2.20. The third kappa shape index (κ3) is 2.80. The lowest BCUT2D eigenvalue weighted by atomic mass is 10.2. The second kappa shape index (κ2) is 5.66. The van der Waals surface area contributed by atoms with E-state index in [1.54, 1.807) is 12.1 Å². The van der Waals surface area contributed by atoms with E-state index in [0.29, 0.717) is 19.5 Å². The van der Waals surface area contributed by atoms with Gasteiger partial charge in [-0.2, -0.15) is 0 Å². The lowest BCUT2D eigenvalue weighted by Gasteiger charge is -1.95. The topological polar surface area (TPSA) is 140 Å². The van der Waals surface area contributed by atoms with Gasteiger partial charge in [-0.15, -0.1) is 10.2 Å². The van der Waals surface area contributed by atoms with Crippen molar-refractivity contribution < 1.29 is 9.90 Å². The number of hydrogen-bond donors (Lipinski definition) is 3. The number of nitrogens with one attached hydrogen (secondary N) is 2. The summed E-state index contributed by atoms with van der Waals surface area (Å²) in [6, 6.07) is 3.34. The molecule has 9 nitrogen and oxygen atoms in total. The van der Waals surface area contributed by atoms with E-state index >= 15 is 0 Å². The zero-order chi connectivity index (χ0) is 16.7. The van der Waals surface area contributed by atoms with Gasteiger partial charge < -0.3 is 5.11 Å². The van der Waals surface area contributed by atoms with E-state index in [2.05, 4.69) is 47.1 Å². The molecule has 0 spiro atoms. The van der Waals surface area contributed by atoms with Crippen LogP contribution in [0.4, 0.5) is 5.69 Å². The molecule has 2 aromatic rings. The molecule has 0 fully saturated rings. The molecule has 3 rings (SSSR count). The molecule has 3 N–H and O–H groups in total. The van der Waals surface area contributed by atoms with Gasteiger partial charge in [-0.1, -0.05) is 15.9 Å². The lowest BCUT2D eigenvalue weighted by Crippen LogP contribution is -2.24. The van der Waals surface area contributed by atoms with Crippen molar-refractivity contribution in [2.45, 2.75) is 0 Å². The van der Waals surface area contributed by atoms with Crippen LogP contribution in [0.15, 0.2) is 45.9 Å². The Hall–Kier alpha value is -2.40. The van der Waals surface area contributed by atoms with Gasteiger partial charge in [0.05, 0.1) is 5.36 Å². The predicted molar refractivity (Wildman–Crippen MR) is 84.9 cm³/mol. The highest BCUT2D eigenvalue weighted by Crippen LogP contribution is 2.19. The van der Waals surface area contributed by atoms with Gasteiger partial charge in [0, 0.05) is 14.2 Å². The highest BCUT2D eigenvalue weighted by atomic mass is 79.9. The van der Waals surface area contributed by atoms with E-state index in [1.165, 1.54) is 0 Å². The number of rotatable bonds is 2.